The van der Waals surface area contributed by atoms with Gasteiger partial charge in [-0.2, -0.15) is 0 Å². The van der Waals surface area contributed by atoms with Gasteiger partial charge in [0.15, 0.2) is 0 Å². The van der Waals surface area contributed by atoms with Gasteiger partial charge in [0.05, 0.1) is 18.8 Å². The number of rotatable bonds is 25. The Bertz CT molecular complexity index is 573. The van der Waals surface area contributed by atoms with Crippen LogP contribution < -0.4 is 5.32 Å². The van der Waals surface area contributed by atoms with Crippen molar-refractivity contribution in [3.63, 3.8) is 0 Å². The number of nitrogens with one attached hydrogen (secondary N) is 1. The van der Waals surface area contributed by atoms with Gasteiger partial charge in [-0.25, -0.2) is 0 Å². The Morgan fingerprint density at radius 1 is 0.667 bits per heavy atom. The summed E-state index contributed by atoms with van der Waals surface area (Å²) in [5.74, 6) is -0.530. The molecule has 0 heterocycles. The van der Waals surface area contributed by atoms with Gasteiger partial charge in [0.25, 0.3) is 0 Å². The molecule has 5 heteroatoms. The van der Waals surface area contributed by atoms with Crippen molar-refractivity contribution in [2.24, 2.45) is 0 Å². The Balaban J connectivity index is 3.95. The summed E-state index contributed by atoms with van der Waals surface area (Å²) in [5, 5.41) is 32.6. The molecule has 0 rings (SSSR count). The zero-order valence-electron chi connectivity index (χ0n) is 23.4. The van der Waals surface area contributed by atoms with Crippen LogP contribution in [0.25, 0.3) is 0 Å². The fraction of sp³-hybridized carbons (Fsp3) is 0.774. The third-order valence-electron chi connectivity index (χ3n) is 6.45. The van der Waals surface area contributed by atoms with E-state index in [2.05, 4.69) is 43.5 Å². The fourth-order valence-corrected chi connectivity index (χ4v) is 4.00. The lowest BCUT2D eigenvalue weighted by Gasteiger charge is -2.21. The zero-order valence-corrected chi connectivity index (χ0v) is 23.4. The van der Waals surface area contributed by atoms with Crippen molar-refractivity contribution >= 4 is 5.91 Å². The number of aliphatic hydroxyl groups is 3. The molecular weight excluding hydrogens is 450 g/mol. The van der Waals surface area contributed by atoms with Crippen molar-refractivity contribution in [1.82, 2.24) is 5.32 Å². The van der Waals surface area contributed by atoms with Crippen LogP contribution in [-0.2, 0) is 4.79 Å². The van der Waals surface area contributed by atoms with Gasteiger partial charge < -0.3 is 20.6 Å². The van der Waals surface area contributed by atoms with Crippen molar-refractivity contribution < 1.29 is 20.1 Å². The Kier molecular flexibility index (Phi) is 25.6. The summed E-state index contributed by atoms with van der Waals surface area (Å²) in [6.45, 7) is 4.05. The maximum Gasteiger partial charge on any atom is 0.249 e. The van der Waals surface area contributed by atoms with Gasteiger partial charge in [0.1, 0.15) is 6.10 Å². The molecule has 0 saturated heterocycles. The lowest BCUT2D eigenvalue weighted by Crippen LogP contribution is -2.48. The van der Waals surface area contributed by atoms with Crippen LogP contribution in [0.3, 0.4) is 0 Å². The summed E-state index contributed by atoms with van der Waals surface area (Å²) in [7, 11) is 0. The predicted molar refractivity (Wildman–Crippen MR) is 153 cm³/mol. The molecule has 0 fully saturated rings. The van der Waals surface area contributed by atoms with Crippen LogP contribution in [-0.4, -0.2) is 46.1 Å². The lowest BCUT2D eigenvalue weighted by atomic mass is 10.1. The molecule has 4 N–H and O–H groups in total. The van der Waals surface area contributed by atoms with Crippen molar-refractivity contribution in [3.8, 4) is 0 Å². The molecule has 0 saturated carbocycles. The third-order valence-corrected chi connectivity index (χ3v) is 6.45. The van der Waals surface area contributed by atoms with E-state index in [1.807, 2.05) is 6.08 Å². The van der Waals surface area contributed by atoms with Crippen molar-refractivity contribution in [2.45, 2.75) is 148 Å². The number of hydrogen-bond acceptors (Lipinski definition) is 4. The van der Waals surface area contributed by atoms with E-state index >= 15 is 0 Å². The van der Waals surface area contributed by atoms with Crippen LogP contribution in [0.1, 0.15) is 129 Å². The monoisotopic (exact) mass is 507 g/mol. The molecular formula is C31H57NO4. The van der Waals surface area contributed by atoms with Crippen LogP contribution >= 0.6 is 0 Å². The van der Waals surface area contributed by atoms with Gasteiger partial charge in [-0.1, -0.05) is 115 Å². The quantitative estimate of drug-likeness (QED) is 0.0798. The second-order valence-corrected chi connectivity index (χ2v) is 9.94. The first kappa shape index (κ1) is 34.6. The number of hydrogen-bond donors (Lipinski definition) is 4. The SMILES string of the molecule is CCCC/C=C\CCCCCCC(O)C(=O)NC(CO)C(O)/C=C/CC/C=C/CCCCCCCC. The van der Waals surface area contributed by atoms with Crippen LogP contribution in [0.4, 0.5) is 0 Å². The molecule has 0 bridgehead atoms. The van der Waals surface area contributed by atoms with Gasteiger partial charge >= 0.3 is 0 Å². The number of unbranched alkanes of at least 4 members (excludes halogenated alkanes) is 13. The second-order valence-electron chi connectivity index (χ2n) is 9.94. The van der Waals surface area contributed by atoms with Crippen LogP contribution in [0, 0.1) is 0 Å². The maximum atomic E-state index is 12.3. The minimum Gasteiger partial charge on any atom is -0.394 e. The second kappa shape index (κ2) is 26.6. The molecule has 5 nitrogen and oxygen atoms in total. The highest BCUT2D eigenvalue weighted by molar-refractivity contribution is 5.80. The Morgan fingerprint density at radius 2 is 1.17 bits per heavy atom. The van der Waals surface area contributed by atoms with E-state index in [0.29, 0.717) is 6.42 Å². The zero-order chi connectivity index (χ0) is 26.7. The number of carbonyl (C=O) groups is 1. The molecule has 36 heavy (non-hydrogen) atoms. The molecule has 0 aliphatic rings. The smallest absolute Gasteiger partial charge is 0.249 e. The average Bonchev–Trinajstić information content (AvgIpc) is 2.88. The minimum absolute atomic E-state index is 0.381. The van der Waals surface area contributed by atoms with E-state index < -0.39 is 24.2 Å². The standard InChI is InChI=1S/C31H57NO4/c1-3-5-7-9-11-13-15-16-18-19-21-23-25-29(34)28(27-33)32-31(36)30(35)26-24-22-20-17-14-12-10-8-6-4-2/h10,12,16,18,23,25,28-30,33-35H,3-9,11,13-15,17,19-22,24,26-27H2,1-2H3,(H,32,36)/b12-10-,18-16+,25-23+. The Morgan fingerprint density at radius 3 is 1.78 bits per heavy atom. The molecule has 0 aromatic heterocycles. The van der Waals surface area contributed by atoms with Crippen LogP contribution in [0.15, 0.2) is 36.5 Å². The van der Waals surface area contributed by atoms with E-state index in [1.54, 1.807) is 6.08 Å². The highest BCUT2D eigenvalue weighted by atomic mass is 16.3. The molecule has 0 aromatic carbocycles. The normalized spacial score (nSPS) is 14.7. The molecule has 0 aromatic rings. The highest BCUT2D eigenvalue weighted by Gasteiger charge is 2.22. The van der Waals surface area contributed by atoms with Crippen molar-refractivity contribution in [2.75, 3.05) is 6.61 Å². The lowest BCUT2D eigenvalue weighted by molar-refractivity contribution is -0.131. The number of aliphatic hydroxyl groups excluding tert-OH is 3. The van der Waals surface area contributed by atoms with E-state index in [9.17, 15) is 20.1 Å². The van der Waals surface area contributed by atoms with Gasteiger partial charge in [0.2, 0.25) is 5.91 Å². The minimum atomic E-state index is -1.11. The Labute approximate surface area is 222 Å². The van der Waals surface area contributed by atoms with E-state index in [0.717, 1.165) is 57.8 Å². The van der Waals surface area contributed by atoms with Crippen LogP contribution in [0.2, 0.25) is 0 Å². The van der Waals surface area contributed by atoms with Gasteiger partial charge in [-0.15, -0.1) is 0 Å². The third kappa shape index (κ3) is 21.8. The summed E-state index contributed by atoms with van der Waals surface area (Å²) in [4.78, 5) is 12.3. The van der Waals surface area contributed by atoms with Crippen LogP contribution in [0.5, 0.6) is 0 Å². The summed E-state index contributed by atoms with van der Waals surface area (Å²) >= 11 is 0. The predicted octanol–water partition coefficient (Wildman–Crippen LogP) is 6.92. The summed E-state index contributed by atoms with van der Waals surface area (Å²) in [6.07, 6.45) is 30.1. The number of amides is 1. The molecule has 0 spiro atoms. The molecule has 1 amide bonds. The molecule has 210 valence electrons. The molecule has 3 atom stereocenters. The van der Waals surface area contributed by atoms with Crippen molar-refractivity contribution in [3.05, 3.63) is 36.5 Å². The number of allylic oxidation sites excluding steroid dienone is 5. The fourth-order valence-electron chi connectivity index (χ4n) is 4.00. The molecule has 0 aliphatic heterocycles. The highest BCUT2D eigenvalue weighted by Crippen LogP contribution is 2.10. The van der Waals surface area contributed by atoms with Gasteiger partial charge in [0, 0.05) is 0 Å². The average molecular weight is 508 g/mol. The van der Waals surface area contributed by atoms with Crippen molar-refractivity contribution in [1.29, 1.82) is 0 Å². The van der Waals surface area contributed by atoms with Gasteiger partial charge in [-0.05, 0) is 51.4 Å². The molecule has 3 unspecified atom stereocenters. The topological polar surface area (TPSA) is 89.8 Å². The first-order valence-electron chi connectivity index (χ1n) is 14.8. The van der Waals surface area contributed by atoms with E-state index in [1.165, 1.54) is 51.4 Å². The maximum absolute atomic E-state index is 12.3. The first-order chi connectivity index (χ1) is 17.6. The molecule has 0 radical (unpaired) electrons. The summed E-state index contributed by atoms with van der Waals surface area (Å²) in [6, 6.07) is -0.814. The Hall–Kier alpha value is -1.43. The van der Waals surface area contributed by atoms with E-state index in [-0.39, 0.29) is 6.61 Å². The number of carbonyl (C=O) groups excluding carboxylic acids is 1. The summed E-state index contributed by atoms with van der Waals surface area (Å²) < 4.78 is 0. The molecule has 0 aliphatic carbocycles. The first-order valence-corrected chi connectivity index (χ1v) is 14.8. The van der Waals surface area contributed by atoms with E-state index in [4.69, 9.17) is 0 Å². The van der Waals surface area contributed by atoms with Gasteiger partial charge in [-0.3, -0.25) is 4.79 Å². The largest absolute Gasteiger partial charge is 0.394 e. The summed E-state index contributed by atoms with van der Waals surface area (Å²) in [5.41, 5.74) is 0.